The maximum atomic E-state index is 13.0. The Balaban J connectivity index is 0.000000158. The van der Waals surface area contributed by atoms with Crippen LogP contribution in [0.3, 0.4) is 0 Å². The molecule has 0 aliphatic heterocycles. The second-order valence-electron chi connectivity index (χ2n) is 11.1. The summed E-state index contributed by atoms with van der Waals surface area (Å²) in [5, 5.41) is -4.05. The minimum Gasteiger partial charge on any atom is -0.341 e. The third-order valence-electron chi connectivity index (χ3n) is 8.03. The van der Waals surface area contributed by atoms with E-state index >= 15 is 0 Å². The lowest BCUT2D eigenvalue weighted by Gasteiger charge is -2.54. The third kappa shape index (κ3) is 6.07. The van der Waals surface area contributed by atoms with E-state index in [1.807, 2.05) is 0 Å². The molecule has 0 aromatic heterocycles. The Morgan fingerprint density at radius 1 is 0.744 bits per heavy atom. The molecule has 0 unspecified atom stereocenters. The first-order valence-electron chi connectivity index (χ1n) is 13.3. The van der Waals surface area contributed by atoms with Crippen LogP contribution in [0.1, 0.15) is 45.4 Å². The van der Waals surface area contributed by atoms with Crippen molar-refractivity contribution in [1.29, 1.82) is 0 Å². The smallest absolute Gasteiger partial charge is 0.341 e. The molecule has 4 aliphatic carbocycles. The summed E-state index contributed by atoms with van der Waals surface area (Å²) in [5.41, 5.74) is -0.840. The predicted octanol–water partition coefficient (Wildman–Crippen LogP) is 7.47. The molecule has 4 saturated carbocycles. The Morgan fingerprint density at radius 2 is 1.08 bits per heavy atom. The summed E-state index contributed by atoms with van der Waals surface area (Å²) in [6.07, 6.45) is 4.98. The zero-order valence-electron chi connectivity index (χ0n) is 21.8. The number of alkyl halides is 2. The Bertz CT molecular complexity index is 1250. The van der Waals surface area contributed by atoms with Gasteiger partial charge in [0.1, 0.15) is 0 Å². The van der Waals surface area contributed by atoms with Gasteiger partial charge in [0.25, 0.3) is 0 Å². The summed E-state index contributed by atoms with van der Waals surface area (Å²) < 4.78 is 52.9. The average Bonchev–Trinajstić information content (AvgIpc) is 2.90. The Morgan fingerprint density at radius 3 is 1.38 bits per heavy atom. The number of carbonyl (C=O) groups excluding carboxylic acids is 1. The molecule has 3 aromatic rings. The van der Waals surface area contributed by atoms with E-state index in [0.717, 1.165) is 19.3 Å². The molecule has 4 aliphatic rings. The Hall–Kier alpha value is -2.71. The molecule has 0 spiro atoms. The van der Waals surface area contributed by atoms with Crippen LogP contribution >= 0.6 is 0 Å². The fourth-order valence-corrected chi connectivity index (χ4v) is 9.33. The first-order valence-corrected chi connectivity index (χ1v) is 16.0. The van der Waals surface area contributed by atoms with Gasteiger partial charge in [-0.25, -0.2) is 0 Å². The monoisotopic (exact) mass is 571 g/mol. The van der Waals surface area contributed by atoms with Gasteiger partial charge in [-0.15, -0.1) is 0 Å². The van der Waals surface area contributed by atoms with Crippen LogP contribution in [0.15, 0.2) is 106 Å². The van der Waals surface area contributed by atoms with Gasteiger partial charge in [0.2, 0.25) is 0 Å². The molecule has 3 aromatic carbocycles. The minimum absolute atomic E-state index is 0.0146. The van der Waals surface area contributed by atoms with Crippen LogP contribution < -0.4 is 0 Å². The molecule has 7 rings (SSSR count). The van der Waals surface area contributed by atoms with E-state index in [-0.39, 0.29) is 17.8 Å². The van der Waals surface area contributed by atoms with Crippen LogP contribution in [0.2, 0.25) is 0 Å². The Kier molecular flexibility index (Phi) is 7.89. The van der Waals surface area contributed by atoms with Crippen LogP contribution in [0.4, 0.5) is 8.78 Å². The highest BCUT2D eigenvalue weighted by Crippen LogP contribution is 2.60. The average molecular weight is 572 g/mol. The lowest BCUT2D eigenvalue weighted by atomic mass is 9.49. The van der Waals surface area contributed by atoms with Crippen molar-refractivity contribution in [2.75, 3.05) is 0 Å². The van der Waals surface area contributed by atoms with E-state index in [2.05, 4.69) is 95.2 Å². The van der Waals surface area contributed by atoms with Crippen molar-refractivity contribution in [2.24, 2.45) is 23.2 Å². The van der Waals surface area contributed by atoms with Crippen LogP contribution in [0, 0.1) is 23.2 Å². The maximum absolute atomic E-state index is 13.0. The van der Waals surface area contributed by atoms with Crippen molar-refractivity contribution >= 4 is 27.0 Å². The molecule has 0 atom stereocenters. The molecule has 0 N–H and O–H groups in total. The lowest BCUT2D eigenvalue weighted by molar-refractivity contribution is -0.161. The number of carbonyl (C=O) groups is 1. The van der Waals surface area contributed by atoms with Crippen LogP contribution in [-0.2, 0) is 30.0 Å². The summed E-state index contributed by atoms with van der Waals surface area (Å²) >= 11 is 0. The van der Waals surface area contributed by atoms with Crippen molar-refractivity contribution in [3.05, 3.63) is 91.0 Å². The number of hydrogen-bond acceptors (Lipinski definition) is 4. The van der Waals surface area contributed by atoms with Gasteiger partial charge >= 0.3 is 21.3 Å². The molecule has 4 fully saturated rings. The Labute approximate surface area is 232 Å². The molecule has 0 heterocycles. The minimum atomic E-state index is -5.17. The highest BCUT2D eigenvalue weighted by molar-refractivity contribution is 7.97. The van der Waals surface area contributed by atoms with Crippen LogP contribution in [0.25, 0.3) is 0 Å². The molecule has 0 saturated heterocycles. The first kappa shape index (κ1) is 27.8. The molecule has 4 nitrogen and oxygen atoms in total. The number of rotatable bonds is 6. The SMILES string of the molecule is CC(F)(F)S(=O)(=O)OC(=O)C12CC3CC(CC(C3)C1)C2.c1ccc([S+](c2ccccc2)c2ccccc2)cc1. The highest BCUT2D eigenvalue weighted by atomic mass is 32.2. The van der Waals surface area contributed by atoms with E-state index in [1.165, 1.54) is 14.7 Å². The summed E-state index contributed by atoms with van der Waals surface area (Å²) in [4.78, 5) is 16.3. The first-order chi connectivity index (χ1) is 18.6. The van der Waals surface area contributed by atoms with E-state index in [0.29, 0.717) is 37.0 Å². The lowest BCUT2D eigenvalue weighted by Crippen LogP contribution is -2.51. The summed E-state index contributed by atoms with van der Waals surface area (Å²) in [6, 6.07) is 32.2. The second-order valence-corrected chi connectivity index (χ2v) is 14.9. The standard InChI is InChI=1S/C18H15S.C13H18F2O4S/c1-4-10-16(11-5-1)19(17-12-6-2-7-13-17)18-14-8-3-9-15-18;1-12(14,15)20(17,18)19-11(16)13-5-8-2-9(6-13)4-10(3-8)7-13/h1-15H;8-10H,2-7H2,1H3/q+1;. The molecular formula is C31H33F2O4S2+. The van der Waals surface area contributed by atoms with Gasteiger partial charge in [-0.1, -0.05) is 54.6 Å². The van der Waals surface area contributed by atoms with Crippen molar-refractivity contribution in [1.82, 2.24) is 0 Å². The highest BCUT2D eigenvalue weighted by Gasteiger charge is 2.57. The molecule has 39 heavy (non-hydrogen) atoms. The van der Waals surface area contributed by atoms with Crippen LogP contribution in [-0.4, -0.2) is 19.6 Å². The van der Waals surface area contributed by atoms with Crippen LogP contribution in [0.5, 0.6) is 0 Å². The zero-order valence-corrected chi connectivity index (χ0v) is 23.5. The van der Waals surface area contributed by atoms with E-state index in [4.69, 9.17) is 0 Å². The van der Waals surface area contributed by atoms with Crippen molar-refractivity contribution in [2.45, 2.75) is 65.4 Å². The summed E-state index contributed by atoms with van der Waals surface area (Å²) in [5.74, 6) is 0.286. The zero-order chi connectivity index (χ0) is 27.7. The molecular weight excluding hydrogens is 538 g/mol. The summed E-state index contributed by atoms with van der Waals surface area (Å²) in [6.45, 7) is 0.231. The van der Waals surface area contributed by atoms with Gasteiger partial charge in [-0.05, 0) is 92.7 Å². The second kappa shape index (κ2) is 11.0. The van der Waals surface area contributed by atoms with E-state index in [1.54, 1.807) is 0 Å². The van der Waals surface area contributed by atoms with Gasteiger partial charge in [-0.2, -0.15) is 17.2 Å². The van der Waals surface area contributed by atoms with Gasteiger partial charge < -0.3 is 4.18 Å². The molecule has 4 bridgehead atoms. The third-order valence-corrected chi connectivity index (χ3v) is 11.5. The van der Waals surface area contributed by atoms with Crippen molar-refractivity contribution in [3.8, 4) is 0 Å². The fraction of sp³-hybridized carbons (Fsp3) is 0.387. The summed E-state index contributed by atoms with van der Waals surface area (Å²) in [7, 11) is -5.19. The van der Waals surface area contributed by atoms with Gasteiger partial charge in [0, 0.05) is 6.92 Å². The predicted molar refractivity (Wildman–Crippen MR) is 148 cm³/mol. The van der Waals surface area contributed by atoms with Gasteiger partial charge in [0.15, 0.2) is 14.7 Å². The molecule has 206 valence electrons. The van der Waals surface area contributed by atoms with Gasteiger partial charge in [0.05, 0.1) is 16.3 Å². The normalized spacial score (nSPS) is 25.6. The van der Waals surface area contributed by atoms with Crippen molar-refractivity contribution in [3.63, 3.8) is 0 Å². The van der Waals surface area contributed by atoms with E-state index < -0.39 is 26.8 Å². The quantitative estimate of drug-likeness (QED) is 0.227. The van der Waals surface area contributed by atoms with Gasteiger partial charge in [-0.3, -0.25) is 4.79 Å². The molecule has 8 heteroatoms. The molecule has 0 amide bonds. The number of hydrogen-bond donors (Lipinski definition) is 0. The van der Waals surface area contributed by atoms with E-state index in [9.17, 15) is 22.0 Å². The topological polar surface area (TPSA) is 60.4 Å². The number of benzene rings is 3. The largest absolute Gasteiger partial charge is 0.378 e. The maximum Gasteiger partial charge on any atom is 0.378 e. The van der Waals surface area contributed by atoms with Crippen molar-refractivity contribution < 1.29 is 26.2 Å². The molecule has 0 radical (unpaired) electrons. The fourth-order valence-electron chi connectivity index (χ4n) is 6.70. The number of halogens is 2.